The van der Waals surface area contributed by atoms with Gasteiger partial charge in [-0.1, -0.05) is 24.3 Å². The number of hydrogen-bond donors (Lipinski definition) is 1. The van der Waals surface area contributed by atoms with Crippen LogP contribution in [0.2, 0.25) is 0 Å². The molecule has 1 aliphatic heterocycles. The lowest BCUT2D eigenvalue weighted by atomic mass is 10.00. The van der Waals surface area contributed by atoms with Gasteiger partial charge in [0.05, 0.1) is 6.54 Å². The van der Waals surface area contributed by atoms with Crippen molar-refractivity contribution in [3.63, 3.8) is 0 Å². The third-order valence-electron chi connectivity index (χ3n) is 4.30. The lowest BCUT2D eigenvalue weighted by molar-refractivity contribution is -0.131. The highest BCUT2D eigenvalue weighted by molar-refractivity contribution is 5.96. The Morgan fingerprint density at radius 2 is 1.92 bits per heavy atom. The van der Waals surface area contributed by atoms with E-state index in [0.29, 0.717) is 24.2 Å². The van der Waals surface area contributed by atoms with E-state index in [0.717, 1.165) is 12.0 Å². The molecule has 0 aliphatic carbocycles. The molecule has 24 heavy (non-hydrogen) atoms. The molecular weight excluding hydrogens is 307 g/mol. The number of benzene rings is 2. The van der Waals surface area contributed by atoms with Crippen molar-refractivity contribution in [2.45, 2.75) is 19.9 Å². The van der Waals surface area contributed by atoms with Crippen molar-refractivity contribution >= 4 is 11.8 Å². The Hall–Kier alpha value is -2.69. The molecule has 1 N–H and O–H groups in total. The second kappa shape index (κ2) is 6.83. The molecule has 0 fully saturated rings. The van der Waals surface area contributed by atoms with Gasteiger partial charge in [-0.05, 0) is 48.2 Å². The number of aryl methyl sites for hydroxylation is 1. The quantitative estimate of drug-likeness (QED) is 0.942. The summed E-state index contributed by atoms with van der Waals surface area (Å²) in [5, 5.41) is 2.61. The van der Waals surface area contributed by atoms with E-state index >= 15 is 0 Å². The van der Waals surface area contributed by atoms with Crippen molar-refractivity contribution in [1.82, 2.24) is 10.2 Å². The van der Waals surface area contributed by atoms with Crippen LogP contribution in [0.3, 0.4) is 0 Å². The van der Waals surface area contributed by atoms with Crippen molar-refractivity contribution in [2.24, 2.45) is 0 Å². The van der Waals surface area contributed by atoms with Crippen molar-refractivity contribution in [3.8, 4) is 0 Å². The van der Waals surface area contributed by atoms with E-state index in [1.54, 1.807) is 11.8 Å². The number of carbonyl (C=O) groups is 2. The van der Waals surface area contributed by atoms with Crippen LogP contribution in [0.15, 0.2) is 42.5 Å². The average Bonchev–Trinajstić information content (AvgIpc) is 2.61. The third kappa shape index (κ3) is 3.45. The molecule has 5 heteroatoms. The predicted octanol–water partition coefficient (Wildman–Crippen LogP) is 2.45. The van der Waals surface area contributed by atoms with E-state index in [4.69, 9.17) is 0 Å². The summed E-state index contributed by atoms with van der Waals surface area (Å²) in [6.07, 6.45) is 0.826. The maximum atomic E-state index is 13.2. The first-order valence-electron chi connectivity index (χ1n) is 7.93. The van der Waals surface area contributed by atoms with Gasteiger partial charge in [-0.15, -0.1) is 0 Å². The first kappa shape index (κ1) is 16.2. The van der Waals surface area contributed by atoms with E-state index in [1.807, 2.05) is 18.2 Å². The molecule has 3 rings (SSSR count). The first-order valence-corrected chi connectivity index (χ1v) is 7.93. The lowest BCUT2D eigenvalue weighted by Crippen LogP contribution is -2.42. The van der Waals surface area contributed by atoms with E-state index in [-0.39, 0.29) is 24.2 Å². The van der Waals surface area contributed by atoms with Crippen LogP contribution in [0.1, 0.15) is 27.0 Å². The molecule has 0 saturated heterocycles. The molecule has 1 aliphatic rings. The standard InChI is InChI=1S/C19H19FN2O2/c1-13-10-15(6-7-17(13)20)19(24)21-11-18(23)22-9-8-14-4-2-3-5-16(14)12-22/h2-7,10H,8-9,11-12H2,1H3,(H,21,24). The third-order valence-corrected chi connectivity index (χ3v) is 4.30. The molecule has 0 bridgehead atoms. The maximum Gasteiger partial charge on any atom is 0.251 e. The summed E-state index contributed by atoms with van der Waals surface area (Å²) < 4.78 is 13.2. The lowest BCUT2D eigenvalue weighted by Gasteiger charge is -2.29. The molecule has 0 spiro atoms. The van der Waals surface area contributed by atoms with Gasteiger partial charge >= 0.3 is 0 Å². The van der Waals surface area contributed by atoms with Crippen LogP contribution >= 0.6 is 0 Å². The number of rotatable bonds is 3. The van der Waals surface area contributed by atoms with Gasteiger partial charge in [0.2, 0.25) is 5.91 Å². The van der Waals surface area contributed by atoms with Gasteiger partial charge in [0, 0.05) is 18.7 Å². The van der Waals surface area contributed by atoms with E-state index < -0.39 is 0 Å². The number of hydrogen-bond acceptors (Lipinski definition) is 2. The minimum absolute atomic E-state index is 0.0581. The number of halogens is 1. The topological polar surface area (TPSA) is 49.4 Å². The fourth-order valence-electron chi connectivity index (χ4n) is 2.86. The van der Waals surface area contributed by atoms with Gasteiger partial charge in [0.15, 0.2) is 0 Å². The smallest absolute Gasteiger partial charge is 0.251 e. The molecule has 2 amide bonds. The summed E-state index contributed by atoms with van der Waals surface area (Å²) in [4.78, 5) is 26.2. The largest absolute Gasteiger partial charge is 0.343 e. The average molecular weight is 326 g/mol. The summed E-state index contributed by atoms with van der Waals surface area (Å²) in [7, 11) is 0. The first-order chi connectivity index (χ1) is 11.5. The van der Waals surface area contributed by atoms with Gasteiger partial charge in [-0.2, -0.15) is 0 Å². The van der Waals surface area contributed by atoms with Gasteiger partial charge in [-0.3, -0.25) is 9.59 Å². The van der Waals surface area contributed by atoms with E-state index in [9.17, 15) is 14.0 Å². The van der Waals surface area contributed by atoms with Gasteiger partial charge in [0.1, 0.15) is 5.82 Å². The molecule has 0 unspecified atom stereocenters. The number of nitrogens with one attached hydrogen (secondary N) is 1. The SMILES string of the molecule is Cc1cc(C(=O)NCC(=O)N2CCc3ccccc3C2)ccc1F. The molecule has 4 nitrogen and oxygen atoms in total. The van der Waals surface area contributed by atoms with Crippen LogP contribution in [-0.2, 0) is 17.8 Å². The van der Waals surface area contributed by atoms with Gasteiger partial charge in [0.25, 0.3) is 5.91 Å². The Morgan fingerprint density at radius 3 is 2.67 bits per heavy atom. The summed E-state index contributed by atoms with van der Waals surface area (Å²) in [5.74, 6) is -0.838. The van der Waals surface area contributed by atoms with Crippen molar-refractivity contribution in [1.29, 1.82) is 0 Å². The Balaban J connectivity index is 1.58. The van der Waals surface area contributed by atoms with Gasteiger partial charge in [-0.25, -0.2) is 4.39 Å². The fraction of sp³-hybridized carbons (Fsp3) is 0.263. The molecular formula is C19H19FN2O2. The summed E-state index contributed by atoms with van der Waals surface area (Å²) in [5.41, 5.74) is 3.18. The fourth-order valence-corrected chi connectivity index (χ4v) is 2.86. The zero-order valence-electron chi connectivity index (χ0n) is 13.5. The van der Waals surface area contributed by atoms with Crippen molar-refractivity contribution in [3.05, 3.63) is 70.5 Å². The number of carbonyl (C=O) groups excluding carboxylic acids is 2. The number of amides is 2. The summed E-state index contributed by atoms with van der Waals surface area (Å²) in [6, 6.07) is 12.2. The van der Waals surface area contributed by atoms with Crippen molar-refractivity contribution in [2.75, 3.05) is 13.1 Å². The molecule has 0 atom stereocenters. The minimum Gasteiger partial charge on any atom is -0.343 e. The molecule has 2 aromatic rings. The molecule has 2 aromatic carbocycles. The van der Waals surface area contributed by atoms with Crippen LogP contribution in [0.25, 0.3) is 0 Å². The molecule has 0 saturated carbocycles. The van der Waals surface area contributed by atoms with Crippen molar-refractivity contribution < 1.29 is 14.0 Å². The maximum absolute atomic E-state index is 13.2. The molecule has 1 heterocycles. The highest BCUT2D eigenvalue weighted by Crippen LogP contribution is 2.18. The number of nitrogens with zero attached hydrogens (tertiary/aromatic N) is 1. The zero-order valence-corrected chi connectivity index (χ0v) is 13.5. The van der Waals surface area contributed by atoms with Crippen LogP contribution in [-0.4, -0.2) is 29.8 Å². The van der Waals surface area contributed by atoms with Crippen LogP contribution in [0.4, 0.5) is 4.39 Å². The minimum atomic E-state index is -0.371. The molecule has 124 valence electrons. The second-order valence-corrected chi connectivity index (χ2v) is 5.98. The zero-order chi connectivity index (χ0) is 17.1. The van der Waals surface area contributed by atoms with Crippen LogP contribution in [0, 0.1) is 12.7 Å². The van der Waals surface area contributed by atoms with Gasteiger partial charge < -0.3 is 10.2 Å². The second-order valence-electron chi connectivity index (χ2n) is 5.98. The Bertz CT molecular complexity index is 789. The van der Waals surface area contributed by atoms with Crippen LogP contribution in [0.5, 0.6) is 0 Å². The number of fused-ring (bicyclic) bond motifs is 1. The highest BCUT2D eigenvalue weighted by Gasteiger charge is 2.20. The molecule has 0 aromatic heterocycles. The Morgan fingerprint density at radius 1 is 1.17 bits per heavy atom. The van der Waals surface area contributed by atoms with E-state index in [2.05, 4.69) is 11.4 Å². The molecule has 0 radical (unpaired) electrons. The summed E-state index contributed by atoms with van der Waals surface area (Å²) in [6.45, 7) is 2.77. The summed E-state index contributed by atoms with van der Waals surface area (Å²) >= 11 is 0. The monoisotopic (exact) mass is 326 g/mol. The normalized spacial score (nSPS) is 13.3. The van der Waals surface area contributed by atoms with Crippen LogP contribution < -0.4 is 5.32 Å². The Labute approximate surface area is 140 Å². The predicted molar refractivity (Wildman–Crippen MR) is 89.0 cm³/mol. The Kier molecular flexibility index (Phi) is 4.60. The highest BCUT2D eigenvalue weighted by atomic mass is 19.1. The van der Waals surface area contributed by atoms with E-state index in [1.165, 1.54) is 23.8 Å².